The summed E-state index contributed by atoms with van der Waals surface area (Å²) in [6.45, 7) is 0.446. The maximum atomic E-state index is 13.5. The molecule has 9 heteroatoms. The van der Waals surface area contributed by atoms with Gasteiger partial charge in [0.05, 0.1) is 18.2 Å². The van der Waals surface area contributed by atoms with Crippen LogP contribution in [-0.2, 0) is 27.2 Å². The van der Waals surface area contributed by atoms with Crippen molar-refractivity contribution in [1.82, 2.24) is 20.4 Å². The first-order valence-electron chi connectivity index (χ1n) is 14.7. The molecule has 43 heavy (non-hydrogen) atoms. The summed E-state index contributed by atoms with van der Waals surface area (Å²) in [5.74, 6) is -1.00. The molecule has 0 spiro atoms. The zero-order valence-corrected chi connectivity index (χ0v) is 24.8. The predicted octanol–water partition coefficient (Wildman–Crippen LogP) is 3.23. The van der Waals surface area contributed by atoms with Crippen molar-refractivity contribution in [3.63, 3.8) is 0 Å². The van der Waals surface area contributed by atoms with E-state index >= 15 is 0 Å². The highest BCUT2D eigenvalue weighted by Crippen LogP contribution is 2.20. The fraction of sp³-hybridized carbons (Fsp3) is 0.353. The molecule has 226 valence electrons. The summed E-state index contributed by atoms with van der Waals surface area (Å²) >= 11 is 0. The highest BCUT2D eigenvalue weighted by atomic mass is 16.5. The van der Waals surface area contributed by atoms with Crippen LogP contribution in [0.1, 0.15) is 40.7 Å². The van der Waals surface area contributed by atoms with Gasteiger partial charge in [0.2, 0.25) is 17.7 Å². The molecular weight excluding hydrogens is 544 g/mol. The molecule has 0 aromatic heterocycles. The van der Waals surface area contributed by atoms with E-state index in [1.54, 1.807) is 43.3 Å². The number of nitrogens with one attached hydrogen (secondary N) is 2. The van der Waals surface area contributed by atoms with Crippen molar-refractivity contribution < 1.29 is 23.9 Å². The summed E-state index contributed by atoms with van der Waals surface area (Å²) in [6.07, 6.45) is 2.14. The van der Waals surface area contributed by atoms with Crippen molar-refractivity contribution in [2.75, 3.05) is 33.8 Å². The first-order valence-corrected chi connectivity index (χ1v) is 14.7. The summed E-state index contributed by atoms with van der Waals surface area (Å²) in [5.41, 5.74) is 2.48. The van der Waals surface area contributed by atoms with E-state index in [1.807, 2.05) is 60.7 Å². The molecule has 4 amide bonds. The number of hydrogen-bond acceptors (Lipinski definition) is 5. The minimum Gasteiger partial charge on any atom is -0.491 e. The van der Waals surface area contributed by atoms with E-state index < -0.39 is 11.9 Å². The molecule has 0 radical (unpaired) electrons. The Labute approximate surface area is 253 Å². The number of nitrogens with zero attached hydrogens (tertiary/aromatic N) is 2. The van der Waals surface area contributed by atoms with Crippen LogP contribution in [0.4, 0.5) is 0 Å². The van der Waals surface area contributed by atoms with Crippen LogP contribution in [0.5, 0.6) is 5.75 Å². The summed E-state index contributed by atoms with van der Waals surface area (Å²) < 4.78 is 6.17. The second-order valence-electron chi connectivity index (χ2n) is 10.9. The van der Waals surface area contributed by atoms with Crippen molar-refractivity contribution in [2.24, 2.45) is 0 Å². The Kier molecular flexibility index (Phi) is 11.3. The van der Waals surface area contributed by atoms with Crippen molar-refractivity contribution >= 4 is 23.6 Å². The van der Waals surface area contributed by atoms with Crippen LogP contribution in [0.15, 0.2) is 84.9 Å². The molecule has 1 heterocycles. The van der Waals surface area contributed by atoms with Gasteiger partial charge in [0.15, 0.2) is 0 Å². The van der Waals surface area contributed by atoms with Gasteiger partial charge in [0.25, 0.3) is 5.91 Å². The first-order chi connectivity index (χ1) is 20.8. The highest BCUT2D eigenvalue weighted by Gasteiger charge is 2.28. The average Bonchev–Trinajstić information content (AvgIpc) is 3.03. The number of rotatable bonds is 7. The maximum absolute atomic E-state index is 13.5. The zero-order chi connectivity index (χ0) is 30.6. The Balaban J connectivity index is 1.52. The number of carbonyl (C=O) groups is 4. The highest BCUT2D eigenvalue weighted by molar-refractivity contribution is 5.99. The molecule has 3 aromatic carbocycles. The Hall–Kier alpha value is -4.66. The van der Waals surface area contributed by atoms with Gasteiger partial charge in [-0.3, -0.25) is 19.2 Å². The molecule has 2 N–H and O–H groups in total. The van der Waals surface area contributed by atoms with Crippen LogP contribution < -0.4 is 15.4 Å². The molecular formula is C34H40N4O5. The predicted molar refractivity (Wildman–Crippen MR) is 165 cm³/mol. The number of para-hydroxylation sites is 1. The lowest BCUT2D eigenvalue weighted by molar-refractivity contribution is -0.140. The lowest BCUT2D eigenvalue weighted by Gasteiger charge is -2.30. The van der Waals surface area contributed by atoms with E-state index in [-0.39, 0.29) is 55.3 Å². The van der Waals surface area contributed by atoms with E-state index in [1.165, 1.54) is 10.5 Å². The van der Waals surface area contributed by atoms with E-state index in [4.69, 9.17) is 4.74 Å². The summed E-state index contributed by atoms with van der Waals surface area (Å²) in [4.78, 5) is 56.0. The standard InChI is InChI=1S/C34H40N4O5/c1-37-23-32(40)38(2)27(22-26-14-7-4-8-15-26)24-43-30-18-10-9-17-28(30)33(41)36-29(19-20-31(37)39)34(42)35-21-11-16-25-12-5-3-6-13-25/h3-10,12-15,17-18,27,29H,11,16,19-24H2,1-2H3,(H,35,42)(H,36,41)/t27-,29+/m1/s1. The quantitative estimate of drug-likeness (QED) is 0.415. The number of aryl methyl sites for hydroxylation is 1. The Morgan fingerprint density at radius 1 is 0.884 bits per heavy atom. The number of ether oxygens (including phenoxy) is 1. The molecule has 3 aromatic rings. The van der Waals surface area contributed by atoms with Gasteiger partial charge >= 0.3 is 0 Å². The minimum absolute atomic E-state index is 0.0124. The third kappa shape index (κ3) is 9.16. The molecule has 1 aliphatic heterocycles. The van der Waals surface area contributed by atoms with Gasteiger partial charge in [-0.25, -0.2) is 0 Å². The number of benzene rings is 3. The van der Waals surface area contributed by atoms with Gasteiger partial charge in [-0.1, -0.05) is 72.8 Å². The Morgan fingerprint density at radius 3 is 2.26 bits per heavy atom. The van der Waals surface area contributed by atoms with Crippen molar-refractivity contribution in [2.45, 2.75) is 44.2 Å². The number of carbonyl (C=O) groups excluding carboxylic acids is 4. The molecule has 0 aliphatic carbocycles. The van der Waals surface area contributed by atoms with E-state index in [0.29, 0.717) is 18.7 Å². The molecule has 9 nitrogen and oxygen atoms in total. The molecule has 2 atom stereocenters. The zero-order valence-electron chi connectivity index (χ0n) is 24.8. The van der Waals surface area contributed by atoms with Crippen molar-refractivity contribution in [3.05, 3.63) is 102 Å². The molecule has 0 saturated carbocycles. The average molecular weight is 585 g/mol. The molecule has 0 bridgehead atoms. The maximum Gasteiger partial charge on any atom is 0.255 e. The second-order valence-corrected chi connectivity index (χ2v) is 10.9. The van der Waals surface area contributed by atoms with Gasteiger partial charge in [-0.2, -0.15) is 0 Å². The molecule has 4 rings (SSSR count). The summed E-state index contributed by atoms with van der Waals surface area (Å²) in [7, 11) is 3.27. The lowest BCUT2D eigenvalue weighted by Crippen LogP contribution is -2.48. The lowest BCUT2D eigenvalue weighted by atomic mass is 10.1. The van der Waals surface area contributed by atoms with Crippen LogP contribution in [0.2, 0.25) is 0 Å². The monoisotopic (exact) mass is 584 g/mol. The molecule has 0 fully saturated rings. The van der Waals surface area contributed by atoms with Crippen LogP contribution >= 0.6 is 0 Å². The Morgan fingerprint density at radius 2 is 1.53 bits per heavy atom. The summed E-state index contributed by atoms with van der Waals surface area (Å²) in [5, 5.41) is 5.73. The fourth-order valence-corrected chi connectivity index (χ4v) is 5.00. The van der Waals surface area contributed by atoms with Crippen molar-refractivity contribution in [1.29, 1.82) is 0 Å². The van der Waals surface area contributed by atoms with Gasteiger partial charge in [0, 0.05) is 27.1 Å². The normalized spacial score (nSPS) is 18.5. The van der Waals surface area contributed by atoms with Crippen LogP contribution in [0.3, 0.4) is 0 Å². The first kappa shape index (κ1) is 31.3. The van der Waals surface area contributed by atoms with E-state index in [9.17, 15) is 19.2 Å². The topological polar surface area (TPSA) is 108 Å². The number of amides is 4. The SMILES string of the molecule is CN1CC(=O)N(C)[C@H](Cc2ccccc2)COc2ccccc2C(=O)N[C@H](C(=O)NCCCc2ccccc2)CCC1=O. The Bertz CT molecular complexity index is 1380. The third-order valence-corrected chi connectivity index (χ3v) is 7.67. The van der Waals surface area contributed by atoms with Gasteiger partial charge in [-0.05, 0) is 48.9 Å². The number of likely N-dealkylation sites (N-methyl/N-ethyl adjacent to an activating group) is 2. The summed E-state index contributed by atoms with van der Waals surface area (Å²) in [6, 6.07) is 25.3. The van der Waals surface area contributed by atoms with Crippen molar-refractivity contribution in [3.8, 4) is 5.75 Å². The van der Waals surface area contributed by atoms with Crippen LogP contribution in [-0.4, -0.2) is 79.3 Å². The number of fused-ring (bicyclic) bond motifs is 1. The minimum atomic E-state index is -0.941. The van der Waals surface area contributed by atoms with Crippen LogP contribution in [0, 0.1) is 0 Å². The molecule has 0 unspecified atom stereocenters. The van der Waals surface area contributed by atoms with Gasteiger partial charge in [0.1, 0.15) is 18.4 Å². The van der Waals surface area contributed by atoms with E-state index in [2.05, 4.69) is 10.6 Å². The molecule has 1 aliphatic rings. The van der Waals surface area contributed by atoms with Gasteiger partial charge in [-0.15, -0.1) is 0 Å². The van der Waals surface area contributed by atoms with E-state index in [0.717, 1.165) is 18.4 Å². The molecule has 0 saturated heterocycles. The fourth-order valence-electron chi connectivity index (χ4n) is 5.00. The second kappa shape index (κ2) is 15.5. The largest absolute Gasteiger partial charge is 0.491 e. The smallest absolute Gasteiger partial charge is 0.255 e. The van der Waals surface area contributed by atoms with Gasteiger partial charge < -0.3 is 25.2 Å². The van der Waals surface area contributed by atoms with Crippen LogP contribution in [0.25, 0.3) is 0 Å². The number of hydrogen-bond donors (Lipinski definition) is 2. The third-order valence-electron chi connectivity index (χ3n) is 7.67.